The molecule has 1 aliphatic heterocycles. The van der Waals surface area contributed by atoms with Crippen LogP contribution in [0, 0.1) is 5.92 Å². The fraction of sp³-hybridized carbons (Fsp3) is 0.250. The average Bonchev–Trinajstić information content (AvgIpc) is 3.07. The van der Waals surface area contributed by atoms with Crippen LogP contribution in [0.3, 0.4) is 0 Å². The summed E-state index contributed by atoms with van der Waals surface area (Å²) in [5, 5.41) is 9.20. The van der Waals surface area contributed by atoms with Gasteiger partial charge in [-0.1, -0.05) is 30.3 Å². The fourth-order valence-corrected chi connectivity index (χ4v) is 3.22. The standard InChI is InChI=1S/C20H20N2O5/c1-27-17-10-6-5-9-16(17)22-12-14(11-18(22)23)20(26)21(13-19(24)25)15-7-3-2-4-8-15/h2-10,14H,11-13H2,1H3,(H,24,25). The van der Waals surface area contributed by atoms with Crippen LogP contribution in [0.4, 0.5) is 11.4 Å². The molecule has 0 aliphatic carbocycles. The first kappa shape index (κ1) is 18.4. The molecule has 1 unspecified atom stereocenters. The fourth-order valence-electron chi connectivity index (χ4n) is 3.22. The lowest BCUT2D eigenvalue weighted by molar-refractivity contribution is -0.137. The molecular weight excluding hydrogens is 348 g/mol. The molecule has 3 rings (SSSR count). The van der Waals surface area contributed by atoms with Crippen molar-refractivity contribution in [2.75, 3.05) is 30.0 Å². The maximum atomic E-state index is 13.0. The molecule has 140 valence electrons. The van der Waals surface area contributed by atoms with E-state index in [1.165, 1.54) is 16.9 Å². The minimum Gasteiger partial charge on any atom is -0.495 e. The van der Waals surface area contributed by atoms with Crippen molar-refractivity contribution in [3.05, 3.63) is 54.6 Å². The Bertz CT molecular complexity index is 852. The normalized spacial score (nSPS) is 16.3. The van der Waals surface area contributed by atoms with Gasteiger partial charge in [-0.25, -0.2) is 0 Å². The lowest BCUT2D eigenvalue weighted by Gasteiger charge is -2.24. The lowest BCUT2D eigenvalue weighted by Crippen LogP contribution is -2.40. The molecule has 2 aromatic rings. The summed E-state index contributed by atoms with van der Waals surface area (Å²) in [6.07, 6.45) is 0.0276. The van der Waals surface area contributed by atoms with E-state index < -0.39 is 18.4 Å². The Morgan fingerprint density at radius 1 is 1.15 bits per heavy atom. The van der Waals surface area contributed by atoms with Gasteiger partial charge in [-0.15, -0.1) is 0 Å². The van der Waals surface area contributed by atoms with Crippen molar-refractivity contribution in [1.82, 2.24) is 0 Å². The van der Waals surface area contributed by atoms with E-state index in [-0.39, 0.29) is 24.8 Å². The Balaban J connectivity index is 1.84. The topological polar surface area (TPSA) is 87.2 Å². The quantitative estimate of drug-likeness (QED) is 0.844. The molecule has 0 aromatic heterocycles. The van der Waals surface area contributed by atoms with Crippen LogP contribution in [0.1, 0.15) is 6.42 Å². The van der Waals surface area contributed by atoms with Gasteiger partial charge >= 0.3 is 5.97 Å². The monoisotopic (exact) mass is 368 g/mol. The molecule has 0 radical (unpaired) electrons. The predicted molar refractivity (Wildman–Crippen MR) is 99.9 cm³/mol. The second-order valence-corrected chi connectivity index (χ2v) is 6.23. The lowest BCUT2D eigenvalue weighted by atomic mass is 10.1. The Kier molecular flexibility index (Phi) is 5.40. The van der Waals surface area contributed by atoms with Crippen molar-refractivity contribution in [3.8, 4) is 5.75 Å². The van der Waals surface area contributed by atoms with Gasteiger partial charge in [0, 0.05) is 18.7 Å². The number of anilines is 2. The summed E-state index contributed by atoms with van der Waals surface area (Å²) in [7, 11) is 1.52. The maximum Gasteiger partial charge on any atom is 0.323 e. The summed E-state index contributed by atoms with van der Waals surface area (Å²) in [6, 6.07) is 15.7. The van der Waals surface area contributed by atoms with E-state index in [0.717, 1.165) is 0 Å². The van der Waals surface area contributed by atoms with Crippen molar-refractivity contribution >= 4 is 29.2 Å². The number of para-hydroxylation sites is 3. The molecule has 7 heteroatoms. The van der Waals surface area contributed by atoms with Crippen LogP contribution in [0.25, 0.3) is 0 Å². The molecule has 0 saturated carbocycles. The van der Waals surface area contributed by atoms with E-state index in [0.29, 0.717) is 17.1 Å². The van der Waals surface area contributed by atoms with E-state index in [9.17, 15) is 19.5 Å². The number of amides is 2. The van der Waals surface area contributed by atoms with Gasteiger partial charge in [0.2, 0.25) is 11.8 Å². The van der Waals surface area contributed by atoms with Crippen LogP contribution in [0.2, 0.25) is 0 Å². The molecule has 1 saturated heterocycles. The highest BCUT2D eigenvalue weighted by molar-refractivity contribution is 6.06. The van der Waals surface area contributed by atoms with Crippen molar-refractivity contribution < 1.29 is 24.2 Å². The van der Waals surface area contributed by atoms with Crippen LogP contribution in [-0.4, -0.2) is 43.1 Å². The summed E-state index contributed by atoms with van der Waals surface area (Å²) in [6.45, 7) is -0.275. The zero-order valence-corrected chi connectivity index (χ0v) is 14.9. The van der Waals surface area contributed by atoms with Gasteiger partial charge < -0.3 is 19.6 Å². The Morgan fingerprint density at radius 3 is 2.48 bits per heavy atom. The summed E-state index contributed by atoms with van der Waals surface area (Å²) in [5.74, 6) is -1.76. The van der Waals surface area contributed by atoms with Gasteiger partial charge in [-0.2, -0.15) is 0 Å². The number of carbonyl (C=O) groups excluding carboxylic acids is 2. The van der Waals surface area contributed by atoms with Crippen molar-refractivity contribution in [1.29, 1.82) is 0 Å². The zero-order valence-electron chi connectivity index (χ0n) is 14.9. The molecule has 7 nitrogen and oxygen atoms in total. The van der Waals surface area contributed by atoms with Gasteiger partial charge in [-0.3, -0.25) is 14.4 Å². The van der Waals surface area contributed by atoms with E-state index in [1.54, 1.807) is 54.6 Å². The summed E-state index contributed by atoms with van der Waals surface area (Å²) in [4.78, 5) is 39.5. The van der Waals surface area contributed by atoms with E-state index in [2.05, 4.69) is 0 Å². The van der Waals surface area contributed by atoms with Crippen molar-refractivity contribution in [2.45, 2.75) is 6.42 Å². The highest BCUT2D eigenvalue weighted by Gasteiger charge is 2.38. The van der Waals surface area contributed by atoms with Crippen LogP contribution in [0.5, 0.6) is 5.75 Å². The molecule has 1 atom stereocenters. The molecule has 0 spiro atoms. The first-order valence-corrected chi connectivity index (χ1v) is 8.53. The Labute approximate surface area is 156 Å². The van der Waals surface area contributed by atoms with Gasteiger partial charge in [0.25, 0.3) is 0 Å². The molecule has 0 bridgehead atoms. The minimum absolute atomic E-state index is 0.0276. The highest BCUT2D eigenvalue weighted by atomic mass is 16.5. The minimum atomic E-state index is -1.11. The SMILES string of the molecule is COc1ccccc1N1CC(C(=O)N(CC(=O)O)c2ccccc2)CC1=O. The third-order valence-corrected chi connectivity index (χ3v) is 4.48. The third-order valence-electron chi connectivity index (χ3n) is 4.48. The third kappa shape index (κ3) is 3.92. The van der Waals surface area contributed by atoms with Crippen molar-refractivity contribution in [3.63, 3.8) is 0 Å². The summed E-state index contributed by atoms with van der Waals surface area (Å²) >= 11 is 0. The number of carboxylic acids is 1. The number of ether oxygens (including phenoxy) is 1. The smallest absolute Gasteiger partial charge is 0.323 e. The van der Waals surface area contributed by atoms with Crippen LogP contribution < -0.4 is 14.5 Å². The van der Waals surface area contributed by atoms with Crippen molar-refractivity contribution in [2.24, 2.45) is 5.92 Å². The van der Waals surface area contributed by atoms with E-state index >= 15 is 0 Å². The largest absolute Gasteiger partial charge is 0.495 e. The number of methoxy groups -OCH3 is 1. The molecule has 1 heterocycles. The van der Waals surface area contributed by atoms with E-state index in [4.69, 9.17) is 4.74 Å². The molecule has 2 amide bonds. The van der Waals surface area contributed by atoms with Crippen LogP contribution >= 0.6 is 0 Å². The number of hydrogen-bond acceptors (Lipinski definition) is 4. The summed E-state index contributed by atoms with van der Waals surface area (Å²) < 4.78 is 5.30. The number of benzene rings is 2. The van der Waals surface area contributed by atoms with Gasteiger partial charge in [0.1, 0.15) is 12.3 Å². The molecular formula is C20H20N2O5. The molecule has 1 fully saturated rings. The number of aliphatic carboxylic acids is 1. The number of carboxylic acid groups (broad SMARTS) is 1. The predicted octanol–water partition coefficient (Wildman–Crippen LogP) is 2.17. The second kappa shape index (κ2) is 7.90. The molecule has 2 aromatic carbocycles. The first-order valence-electron chi connectivity index (χ1n) is 8.53. The average molecular weight is 368 g/mol. The van der Waals surface area contributed by atoms with Crippen LogP contribution in [-0.2, 0) is 14.4 Å². The number of hydrogen-bond donors (Lipinski definition) is 1. The molecule has 1 aliphatic rings. The zero-order chi connectivity index (χ0) is 19.4. The van der Waals surface area contributed by atoms with E-state index in [1.807, 2.05) is 0 Å². The number of rotatable bonds is 6. The summed E-state index contributed by atoms with van der Waals surface area (Å²) in [5.41, 5.74) is 1.10. The molecule has 1 N–H and O–H groups in total. The second-order valence-electron chi connectivity index (χ2n) is 6.23. The maximum absolute atomic E-state index is 13.0. The Morgan fingerprint density at radius 2 is 1.81 bits per heavy atom. The van der Waals surface area contributed by atoms with Gasteiger partial charge in [0.15, 0.2) is 0 Å². The van der Waals surface area contributed by atoms with Gasteiger partial charge in [0.05, 0.1) is 18.7 Å². The molecule has 27 heavy (non-hydrogen) atoms. The van der Waals surface area contributed by atoms with Gasteiger partial charge in [-0.05, 0) is 24.3 Å². The Hall–Kier alpha value is -3.35. The highest BCUT2D eigenvalue weighted by Crippen LogP contribution is 2.33. The number of carbonyl (C=O) groups is 3. The number of nitrogens with zero attached hydrogens (tertiary/aromatic N) is 2. The first-order chi connectivity index (χ1) is 13.0. The van der Waals surface area contributed by atoms with Crippen LogP contribution in [0.15, 0.2) is 54.6 Å².